The summed E-state index contributed by atoms with van der Waals surface area (Å²) in [5.74, 6) is 0. The van der Waals surface area contributed by atoms with Crippen molar-refractivity contribution in [3.63, 3.8) is 0 Å². The van der Waals surface area contributed by atoms with Gasteiger partial charge in [0.1, 0.15) is 6.73 Å². The zero-order valence-corrected chi connectivity index (χ0v) is 7.96. The molecule has 0 N–H and O–H groups in total. The minimum absolute atomic E-state index is 0.179. The number of nitrogens with zero attached hydrogens (tertiary/aromatic N) is 1. The molecular weight excluding hydrogens is 198 g/mol. The Hall–Kier alpha value is -0.520. The maximum Gasteiger partial charge on any atom is 0.510 e. The van der Waals surface area contributed by atoms with E-state index >= 15 is 0 Å². The lowest BCUT2D eigenvalue weighted by Crippen LogP contribution is -2.38. The van der Waals surface area contributed by atoms with E-state index in [1.165, 1.54) is 0 Å². The summed E-state index contributed by atoms with van der Waals surface area (Å²) >= 11 is 5.16. The van der Waals surface area contributed by atoms with E-state index in [2.05, 4.69) is 4.74 Å². The molecule has 76 valence electrons. The third-order valence-corrected chi connectivity index (χ3v) is 1.75. The lowest BCUT2D eigenvalue weighted by atomic mass is 10.5. The molecule has 1 rings (SSSR count). The van der Waals surface area contributed by atoms with Gasteiger partial charge in [-0.1, -0.05) is 11.6 Å². The van der Waals surface area contributed by atoms with E-state index in [1.807, 2.05) is 4.90 Å². The quantitative estimate of drug-likeness (QED) is 0.504. The van der Waals surface area contributed by atoms with E-state index in [0.29, 0.717) is 13.2 Å². The van der Waals surface area contributed by atoms with Gasteiger partial charge in [0, 0.05) is 13.1 Å². The molecule has 0 aromatic heterocycles. The molecule has 0 aromatic carbocycles. The molecule has 1 heterocycles. The molecule has 0 radical (unpaired) electrons. The van der Waals surface area contributed by atoms with Crippen molar-refractivity contribution in [2.45, 2.75) is 0 Å². The fourth-order valence-electron chi connectivity index (χ4n) is 0.960. The van der Waals surface area contributed by atoms with Crippen molar-refractivity contribution in [3.05, 3.63) is 0 Å². The van der Waals surface area contributed by atoms with E-state index in [1.54, 1.807) is 0 Å². The number of carbonyl (C=O) groups is 1. The van der Waals surface area contributed by atoms with Crippen LogP contribution in [0.1, 0.15) is 0 Å². The van der Waals surface area contributed by atoms with Crippen molar-refractivity contribution in [2.24, 2.45) is 0 Å². The molecule has 1 aliphatic heterocycles. The van der Waals surface area contributed by atoms with E-state index in [-0.39, 0.29) is 12.8 Å². The lowest BCUT2D eigenvalue weighted by Gasteiger charge is -2.25. The zero-order chi connectivity index (χ0) is 9.52. The molecule has 0 bridgehead atoms. The topological polar surface area (TPSA) is 48.0 Å². The van der Waals surface area contributed by atoms with Gasteiger partial charge in [-0.15, -0.1) is 0 Å². The Balaban J connectivity index is 2.06. The fourth-order valence-corrected chi connectivity index (χ4v) is 1.05. The maximum absolute atomic E-state index is 10.7. The van der Waals surface area contributed by atoms with Gasteiger partial charge in [-0.25, -0.2) is 4.79 Å². The van der Waals surface area contributed by atoms with Crippen molar-refractivity contribution in [3.8, 4) is 0 Å². The molecule has 5 nitrogen and oxygen atoms in total. The lowest BCUT2D eigenvalue weighted by molar-refractivity contribution is -0.0266. The monoisotopic (exact) mass is 209 g/mol. The van der Waals surface area contributed by atoms with E-state index in [4.69, 9.17) is 21.1 Å². The fraction of sp³-hybridized carbons (Fsp3) is 0.857. The molecule has 0 aromatic rings. The summed E-state index contributed by atoms with van der Waals surface area (Å²) in [4.78, 5) is 12.7. The molecule has 0 atom stereocenters. The molecule has 1 fully saturated rings. The van der Waals surface area contributed by atoms with Crippen molar-refractivity contribution < 1.29 is 19.0 Å². The van der Waals surface area contributed by atoms with Crippen molar-refractivity contribution >= 4 is 17.8 Å². The van der Waals surface area contributed by atoms with Crippen LogP contribution in [-0.4, -0.2) is 50.2 Å². The van der Waals surface area contributed by atoms with Crippen molar-refractivity contribution in [1.82, 2.24) is 4.90 Å². The number of ether oxygens (including phenoxy) is 3. The number of alkyl halides is 1. The minimum Gasteiger partial charge on any atom is -0.418 e. The first kappa shape index (κ1) is 10.6. The van der Waals surface area contributed by atoms with Gasteiger partial charge in [-0.2, -0.15) is 0 Å². The van der Waals surface area contributed by atoms with Crippen LogP contribution in [0.5, 0.6) is 0 Å². The van der Waals surface area contributed by atoms with Crippen LogP contribution >= 0.6 is 11.6 Å². The van der Waals surface area contributed by atoms with Crippen molar-refractivity contribution in [2.75, 3.05) is 39.1 Å². The Labute approximate surface area is 81.5 Å². The van der Waals surface area contributed by atoms with Gasteiger partial charge < -0.3 is 14.2 Å². The molecule has 0 spiro atoms. The molecule has 0 unspecified atom stereocenters. The SMILES string of the molecule is O=C(OCCl)OCN1CCOCC1. The predicted octanol–water partition coefficient (Wildman–Crippen LogP) is 0.626. The molecule has 0 saturated carbocycles. The van der Waals surface area contributed by atoms with Crippen LogP contribution in [-0.2, 0) is 14.2 Å². The summed E-state index contributed by atoms with van der Waals surface area (Å²) in [7, 11) is 0. The predicted molar refractivity (Wildman–Crippen MR) is 45.5 cm³/mol. The van der Waals surface area contributed by atoms with Crippen LogP contribution in [0.4, 0.5) is 4.79 Å². The molecule has 0 aliphatic carbocycles. The summed E-state index contributed by atoms with van der Waals surface area (Å²) in [6, 6.07) is -0.179. The van der Waals surface area contributed by atoms with Gasteiger partial charge in [0.15, 0.2) is 6.07 Å². The highest BCUT2D eigenvalue weighted by molar-refractivity contribution is 6.17. The molecule has 1 saturated heterocycles. The molecular formula is C7H12ClNO4. The number of carbonyl (C=O) groups excluding carboxylic acids is 1. The van der Waals surface area contributed by atoms with Gasteiger partial charge in [0.05, 0.1) is 13.2 Å². The van der Waals surface area contributed by atoms with Gasteiger partial charge in [0.2, 0.25) is 0 Å². The molecule has 0 amide bonds. The first-order chi connectivity index (χ1) is 6.33. The van der Waals surface area contributed by atoms with Crippen LogP contribution in [0.3, 0.4) is 0 Å². The Bertz CT molecular complexity index is 161. The highest BCUT2D eigenvalue weighted by atomic mass is 35.5. The summed E-state index contributed by atoms with van der Waals surface area (Å²) in [5.41, 5.74) is 0. The van der Waals surface area contributed by atoms with Crippen LogP contribution in [0.15, 0.2) is 0 Å². The van der Waals surface area contributed by atoms with Crippen LogP contribution in [0.25, 0.3) is 0 Å². The first-order valence-electron chi connectivity index (χ1n) is 3.98. The van der Waals surface area contributed by atoms with Gasteiger partial charge in [-0.3, -0.25) is 4.90 Å². The molecule has 13 heavy (non-hydrogen) atoms. The van der Waals surface area contributed by atoms with E-state index < -0.39 is 6.16 Å². The third-order valence-electron chi connectivity index (χ3n) is 1.64. The van der Waals surface area contributed by atoms with Gasteiger partial charge >= 0.3 is 6.16 Å². The summed E-state index contributed by atoms with van der Waals surface area (Å²) in [6.45, 7) is 3.13. The number of morpholine rings is 1. The highest BCUT2D eigenvalue weighted by Gasteiger charge is 2.12. The number of rotatable bonds is 3. The Kier molecular flexibility index (Phi) is 4.88. The Morgan fingerprint density at radius 1 is 1.38 bits per heavy atom. The average Bonchev–Trinajstić information content (AvgIpc) is 2.17. The van der Waals surface area contributed by atoms with E-state index in [9.17, 15) is 4.79 Å². The van der Waals surface area contributed by atoms with Gasteiger partial charge in [0.25, 0.3) is 0 Å². The highest BCUT2D eigenvalue weighted by Crippen LogP contribution is 1.97. The average molecular weight is 210 g/mol. The van der Waals surface area contributed by atoms with Crippen LogP contribution < -0.4 is 0 Å². The molecule has 1 aliphatic rings. The second kappa shape index (κ2) is 6.01. The minimum atomic E-state index is -0.735. The standard InChI is InChI=1S/C7H12ClNO4/c8-5-12-7(10)13-6-9-1-3-11-4-2-9/h1-6H2. The Morgan fingerprint density at radius 3 is 2.69 bits per heavy atom. The third kappa shape index (κ3) is 4.31. The molecule has 6 heteroatoms. The first-order valence-corrected chi connectivity index (χ1v) is 4.52. The largest absolute Gasteiger partial charge is 0.510 e. The maximum atomic E-state index is 10.7. The van der Waals surface area contributed by atoms with Crippen LogP contribution in [0, 0.1) is 0 Å². The second-order valence-corrected chi connectivity index (χ2v) is 2.73. The number of halogens is 1. The van der Waals surface area contributed by atoms with E-state index in [0.717, 1.165) is 13.1 Å². The summed E-state index contributed by atoms with van der Waals surface area (Å²) in [5, 5.41) is 0. The second-order valence-electron chi connectivity index (χ2n) is 2.51. The zero-order valence-electron chi connectivity index (χ0n) is 7.20. The summed E-state index contributed by atoms with van der Waals surface area (Å²) < 4.78 is 14.2. The summed E-state index contributed by atoms with van der Waals surface area (Å²) in [6.07, 6.45) is -0.735. The normalized spacial score (nSPS) is 18.2. The Morgan fingerprint density at radius 2 is 2.08 bits per heavy atom. The van der Waals surface area contributed by atoms with Gasteiger partial charge in [-0.05, 0) is 0 Å². The smallest absolute Gasteiger partial charge is 0.418 e. The van der Waals surface area contributed by atoms with Crippen molar-refractivity contribution in [1.29, 1.82) is 0 Å². The number of hydrogen-bond donors (Lipinski definition) is 0. The van der Waals surface area contributed by atoms with Crippen LogP contribution in [0.2, 0.25) is 0 Å². The number of hydrogen-bond acceptors (Lipinski definition) is 5.